The zero-order valence-electron chi connectivity index (χ0n) is 13.5. The molecular weight excluding hydrogens is 400 g/mol. The van der Waals surface area contributed by atoms with Gasteiger partial charge in [-0.3, -0.25) is 4.57 Å². The molecule has 0 radical (unpaired) electrons. The molecule has 1 aliphatic carbocycles. The Kier molecular flexibility index (Phi) is 4.51. The molecule has 1 fully saturated rings. The molecule has 3 aromatic heterocycles. The molecule has 4 rings (SSSR count). The Morgan fingerprint density at radius 1 is 1.35 bits per heavy atom. The van der Waals surface area contributed by atoms with Crippen LogP contribution >= 0.6 is 22.9 Å². The van der Waals surface area contributed by atoms with Crippen LogP contribution in [0.2, 0.25) is 4.34 Å². The molecule has 0 spiro atoms. The van der Waals surface area contributed by atoms with E-state index in [1.54, 1.807) is 16.7 Å². The standard InChI is InChI=1S/C15H15ClN4O4S2/c16-12-5-6-13(25-12)26(22,23)17-7-8-19-15(21)20(10-3-4-10)14(18-19)11-2-1-9-24-11/h1-2,5-6,9-10,17H,3-4,7-8H2. The van der Waals surface area contributed by atoms with Crippen molar-refractivity contribution in [3.63, 3.8) is 0 Å². The third kappa shape index (κ3) is 3.37. The summed E-state index contributed by atoms with van der Waals surface area (Å²) in [4.78, 5) is 12.6. The van der Waals surface area contributed by atoms with Gasteiger partial charge in [0, 0.05) is 12.6 Å². The predicted octanol–water partition coefficient (Wildman–Crippen LogP) is 2.33. The fourth-order valence-electron chi connectivity index (χ4n) is 2.60. The van der Waals surface area contributed by atoms with Crippen LogP contribution in [0.5, 0.6) is 0 Å². The van der Waals surface area contributed by atoms with E-state index in [4.69, 9.17) is 16.0 Å². The normalized spacial score (nSPS) is 14.8. The first-order chi connectivity index (χ1) is 12.5. The number of halogens is 1. The summed E-state index contributed by atoms with van der Waals surface area (Å²) in [5, 5.41) is 4.33. The van der Waals surface area contributed by atoms with Crippen molar-refractivity contribution in [2.45, 2.75) is 29.6 Å². The van der Waals surface area contributed by atoms with Gasteiger partial charge in [-0.25, -0.2) is 22.6 Å². The number of aromatic nitrogens is 3. The maximum Gasteiger partial charge on any atom is 0.346 e. The van der Waals surface area contributed by atoms with Gasteiger partial charge in [0.05, 0.1) is 17.1 Å². The highest BCUT2D eigenvalue weighted by Gasteiger charge is 2.31. The average molecular weight is 415 g/mol. The molecule has 138 valence electrons. The molecule has 0 atom stereocenters. The van der Waals surface area contributed by atoms with Gasteiger partial charge in [0.25, 0.3) is 0 Å². The minimum absolute atomic E-state index is 0.0387. The fourth-order valence-corrected chi connectivity index (χ4v) is 5.15. The van der Waals surface area contributed by atoms with Crippen molar-refractivity contribution < 1.29 is 12.8 Å². The molecule has 1 N–H and O–H groups in total. The largest absolute Gasteiger partial charge is 0.461 e. The number of nitrogens with one attached hydrogen (secondary N) is 1. The van der Waals surface area contributed by atoms with Crippen molar-refractivity contribution in [1.82, 2.24) is 19.1 Å². The molecule has 11 heteroatoms. The van der Waals surface area contributed by atoms with Gasteiger partial charge in [-0.2, -0.15) is 0 Å². The molecule has 3 heterocycles. The van der Waals surface area contributed by atoms with Crippen LogP contribution < -0.4 is 10.4 Å². The van der Waals surface area contributed by atoms with Crippen molar-refractivity contribution in [2.75, 3.05) is 6.54 Å². The summed E-state index contributed by atoms with van der Waals surface area (Å²) in [6.45, 7) is 0.154. The summed E-state index contributed by atoms with van der Waals surface area (Å²) in [5.41, 5.74) is -0.266. The maximum atomic E-state index is 12.6. The second-order valence-corrected chi connectivity index (χ2v) is 9.57. The Balaban J connectivity index is 1.52. The Labute approximate surface area is 158 Å². The van der Waals surface area contributed by atoms with Gasteiger partial charge in [0.2, 0.25) is 15.8 Å². The summed E-state index contributed by atoms with van der Waals surface area (Å²) < 4.78 is 35.7. The van der Waals surface area contributed by atoms with Crippen molar-refractivity contribution >= 4 is 33.0 Å². The fraction of sp³-hybridized carbons (Fsp3) is 0.333. The van der Waals surface area contributed by atoms with Crippen molar-refractivity contribution in [1.29, 1.82) is 0 Å². The Morgan fingerprint density at radius 2 is 2.15 bits per heavy atom. The van der Waals surface area contributed by atoms with Crippen LogP contribution in [0.15, 0.2) is 43.9 Å². The number of hydrogen-bond acceptors (Lipinski definition) is 6. The molecular formula is C15H15ClN4O4S2. The SMILES string of the molecule is O=c1n(CCNS(=O)(=O)c2ccc(Cl)s2)nc(-c2ccco2)n1C1CC1. The van der Waals surface area contributed by atoms with E-state index in [9.17, 15) is 13.2 Å². The Hall–Kier alpha value is -1.88. The summed E-state index contributed by atoms with van der Waals surface area (Å²) in [6, 6.07) is 6.57. The summed E-state index contributed by atoms with van der Waals surface area (Å²) in [7, 11) is -3.66. The number of nitrogens with zero attached hydrogens (tertiary/aromatic N) is 3. The first kappa shape index (κ1) is 17.5. The monoisotopic (exact) mass is 414 g/mol. The van der Waals surface area contributed by atoms with E-state index < -0.39 is 10.0 Å². The number of furan rings is 1. The zero-order chi connectivity index (χ0) is 18.3. The molecule has 8 nitrogen and oxygen atoms in total. The zero-order valence-corrected chi connectivity index (χ0v) is 15.9. The first-order valence-corrected chi connectivity index (χ1v) is 10.6. The quantitative estimate of drug-likeness (QED) is 0.639. The highest BCUT2D eigenvalue weighted by atomic mass is 35.5. The molecule has 0 saturated heterocycles. The van der Waals surface area contributed by atoms with Crippen molar-refractivity contribution in [3.05, 3.63) is 45.3 Å². The highest BCUT2D eigenvalue weighted by molar-refractivity contribution is 7.91. The minimum Gasteiger partial charge on any atom is -0.461 e. The van der Waals surface area contributed by atoms with Crippen LogP contribution in [0.4, 0.5) is 0 Å². The number of thiophene rings is 1. The second kappa shape index (κ2) is 6.69. The lowest BCUT2D eigenvalue weighted by Gasteiger charge is -2.04. The van der Waals surface area contributed by atoms with E-state index in [0.29, 0.717) is 15.9 Å². The van der Waals surface area contributed by atoms with Crippen LogP contribution in [0.25, 0.3) is 11.6 Å². The third-order valence-corrected chi connectivity index (χ3v) is 7.14. The Morgan fingerprint density at radius 3 is 2.77 bits per heavy atom. The molecule has 0 bridgehead atoms. The lowest BCUT2D eigenvalue weighted by Crippen LogP contribution is -2.31. The number of rotatable bonds is 7. The van der Waals surface area contributed by atoms with Gasteiger partial charge < -0.3 is 4.42 Å². The Bertz CT molecular complexity index is 1080. The smallest absolute Gasteiger partial charge is 0.346 e. The van der Waals surface area contributed by atoms with Gasteiger partial charge in [-0.1, -0.05) is 11.6 Å². The molecule has 3 aromatic rings. The van der Waals surface area contributed by atoms with Crippen LogP contribution in [0, 0.1) is 0 Å². The third-order valence-electron chi connectivity index (χ3n) is 3.95. The minimum atomic E-state index is -3.66. The van der Waals surface area contributed by atoms with Gasteiger partial charge in [-0.15, -0.1) is 16.4 Å². The van der Waals surface area contributed by atoms with Crippen molar-refractivity contribution in [3.8, 4) is 11.6 Å². The molecule has 0 unspecified atom stereocenters. The molecule has 26 heavy (non-hydrogen) atoms. The van der Waals surface area contributed by atoms with E-state index in [2.05, 4.69) is 9.82 Å². The average Bonchev–Trinajstić information content (AvgIpc) is 3.00. The molecule has 0 aromatic carbocycles. The van der Waals surface area contributed by atoms with E-state index in [-0.39, 0.29) is 29.0 Å². The summed E-state index contributed by atoms with van der Waals surface area (Å²) in [5.74, 6) is 0.983. The lowest BCUT2D eigenvalue weighted by molar-refractivity contribution is 0.547. The van der Waals surface area contributed by atoms with E-state index in [0.717, 1.165) is 24.2 Å². The van der Waals surface area contributed by atoms with Gasteiger partial charge in [-0.05, 0) is 37.1 Å². The summed E-state index contributed by atoms with van der Waals surface area (Å²) >= 11 is 6.76. The van der Waals surface area contributed by atoms with Crippen LogP contribution in [-0.4, -0.2) is 29.3 Å². The van der Waals surface area contributed by atoms with Crippen molar-refractivity contribution in [2.24, 2.45) is 0 Å². The molecule has 1 saturated carbocycles. The van der Waals surface area contributed by atoms with Crippen LogP contribution in [0.1, 0.15) is 18.9 Å². The van der Waals surface area contributed by atoms with Crippen LogP contribution in [-0.2, 0) is 16.6 Å². The van der Waals surface area contributed by atoms with E-state index in [1.807, 2.05) is 0 Å². The number of sulfonamides is 1. The molecule has 0 amide bonds. The lowest BCUT2D eigenvalue weighted by atomic mass is 10.4. The van der Waals surface area contributed by atoms with Crippen LogP contribution in [0.3, 0.4) is 0 Å². The molecule has 0 aliphatic heterocycles. The topological polar surface area (TPSA) is 99.1 Å². The maximum absolute atomic E-state index is 12.6. The highest BCUT2D eigenvalue weighted by Crippen LogP contribution is 2.36. The summed E-state index contributed by atoms with van der Waals surface area (Å²) in [6.07, 6.45) is 3.37. The number of hydrogen-bond donors (Lipinski definition) is 1. The van der Waals surface area contributed by atoms with Gasteiger partial charge in [0.15, 0.2) is 5.76 Å². The van der Waals surface area contributed by atoms with Gasteiger partial charge in [0.1, 0.15) is 4.21 Å². The first-order valence-electron chi connectivity index (χ1n) is 7.94. The predicted molar refractivity (Wildman–Crippen MR) is 97.0 cm³/mol. The van der Waals surface area contributed by atoms with E-state index in [1.165, 1.54) is 23.1 Å². The second-order valence-electron chi connectivity index (χ2n) is 5.86. The molecule has 1 aliphatic rings. The van der Waals surface area contributed by atoms with Gasteiger partial charge >= 0.3 is 5.69 Å². The van der Waals surface area contributed by atoms with E-state index >= 15 is 0 Å².